The molecule has 1 aromatic carbocycles. The summed E-state index contributed by atoms with van der Waals surface area (Å²) in [5, 5.41) is 0.792. The normalized spacial score (nSPS) is 22.8. The van der Waals surface area contributed by atoms with Crippen molar-refractivity contribution in [1.29, 1.82) is 0 Å². The van der Waals surface area contributed by atoms with Crippen molar-refractivity contribution in [3.05, 3.63) is 40.2 Å². The average Bonchev–Trinajstić information content (AvgIpc) is 2.70. The second-order valence-electron chi connectivity index (χ2n) is 7.22. The van der Waals surface area contributed by atoms with Gasteiger partial charge in [-0.2, -0.15) is 0 Å². The highest BCUT2D eigenvalue weighted by molar-refractivity contribution is 7.99. The number of hydrogen-bond acceptors (Lipinski definition) is 10. The van der Waals surface area contributed by atoms with Crippen molar-refractivity contribution in [3.63, 3.8) is 0 Å². The SMILES string of the molecule is CCc1cc(=O)oc2cc(O[C@H]3SC[C@@H](OC(C)=O)[C@H](OC(C)=O)[C@H]3OC(C)=O)ccc12. The third-order valence-electron chi connectivity index (χ3n) is 4.74. The topological polar surface area (TPSA) is 118 Å². The van der Waals surface area contributed by atoms with Crippen molar-refractivity contribution in [2.75, 3.05) is 5.75 Å². The predicted molar refractivity (Wildman–Crippen MR) is 115 cm³/mol. The van der Waals surface area contributed by atoms with E-state index in [0.29, 0.717) is 17.8 Å². The molecule has 0 unspecified atom stereocenters. The molecule has 1 aromatic heterocycles. The van der Waals surface area contributed by atoms with Gasteiger partial charge in [-0.3, -0.25) is 14.4 Å². The van der Waals surface area contributed by atoms with Gasteiger partial charge in [-0.1, -0.05) is 6.92 Å². The maximum Gasteiger partial charge on any atom is 0.336 e. The Balaban J connectivity index is 1.92. The third kappa shape index (κ3) is 5.61. The fourth-order valence-electron chi connectivity index (χ4n) is 3.52. The molecule has 3 rings (SSSR count). The summed E-state index contributed by atoms with van der Waals surface area (Å²) in [4.78, 5) is 46.8. The lowest BCUT2D eigenvalue weighted by Crippen LogP contribution is -2.55. The molecule has 0 aliphatic carbocycles. The smallest absolute Gasteiger partial charge is 0.336 e. The molecule has 2 heterocycles. The largest absolute Gasteiger partial charge is 0.476 e. The Hall–Kier alpha value is -3.01. The van der Waals surface area contributed by atoms with E-state index in [-0.39, 0.29) is 5.75 Å². The number of hydrogen-bond donors (Lipinski definition) is 0. The summed E-state index contributed by atoms with van der Waals surface area (Å²) >= 11 is 1.24. The summed E-state index contributed by atoms with van der Waals surface area (Å²) in [6.45, 7) is 5.62. The van der Waals surface area contributed by atoms with Crippen LogP contribution < -0.4 is 10.4 Å². The molecule has 1 aliphatic rings. The van der Waals surface area contributed by atoms with E-state index in [2.05, 4.69) is 0 Å². The van der Waals surface area contributed by atoms with Crippen LogP contribution in [0.5, 0.6) is 5.75 Å². The van der Waals surface area contributed by atoms with E-state index in [1.54, 1.807) is 18.2 Å². The molecule has 32 heavy (non-hydrogen) atoms. The molecule has 0 radical (unpaired) electrons. The first kappa shape index (κ1) is 23.6. The number of carbonyl (C=O) groups excluding carboxylic acids is 3. The molecular weight excluding hydrogens is 440 g/mol. The number of rotatable bonds is 6. The van der Waals surface area contributed by atoms with Crippen LogP contribution in [-0.2, 0) is 35.0 Å². The van der Waals surface area contributed by atoms with Gasteiger partial charge < -0.3 is 23.4 Å². The molecule has 172 valence electrons. The van der Waals surface area contributed by atoms with Gasteiger partial charge in [0.15, 0.2) is 23.7 Å². The lowest BCUT2D eigenvalue weighted by molar-refractivity contribution is -0.186. The van der Waals surface area contributed by atoms with Gasteiger partial charge in [0.25, 0.3) is 0 Å². The number of benzene rings is 1. The Morgan fingerprint density at radius 2 is 1.66 bits per heavy atom. The standard InChI is InChI=1S/C22H24O9S/c1-5-14-8-19(26)31-17-9-15(6-7-16(14)17)30-22-21(29-13(4)25)20(28-12(3)24)18(10-32-22)27-11(2)23/h6-9,18,20-22H,5,10H2,1-4H3/t18-,20+,21-,22+/m1/s1. The van der Waals surface area contributed by atoms with Gasteiger partial charge in [0, 0.05) is 44.0 Å². The highest BCUT2D eigenvalue weighted by Crippen LogP contribution is 2.35. The van der Waals surface area contributed by atoms with Crippen molar-refractivity contribution < 1.29 is 37.7 Å². The predicted octanol–water partition coefficient (Wildman–Crippen LogP) is 2.60. The molecule has 4 atom stereocenters. The van der Waals surface area contributed by atoms with Gasteiger partial charge in [0.05, 0.1) is 0 Å². The van der Waals surface area contributed by atoms with Gasteiger partial charge in [-0.15, -0.1) is 11.8 Å². The zero-order chi connectivity index (χ0) is 23.4. The van der Waals surface area contributed by atoms with E-state index >= 15 is 0 Å². The number of aryl methyl sites for hydroxylation is 1. The Morgan fingerprint density at radius 1 is 1.00 bits per heavy atom. The quantitative estimate of drug-likeness (QED) is 0.358. The van der Waals surface area contributed by atoms with Gasteiger partial charge >= 0.3 is 23.5 Å². The zero-order valence-electron chi connectivity index (χ0n) is 18.1. The Bertz CT molecular complexity index is 1080. The molecule has 0 saturated carbocycles. The Labute approximate surface area is 188 Å². The van der Waals surface area contributed by atoms with Gasteiger partial charge in [0.1, 0.15) is 11.3 Å². The van der Waals surface area contributed by atoms with Crippen LogP contribution in [0, 0.1) is 0 Å². The van der Waals surface area contributed by atoms with Crippen LogP contribution in [0.25, 0.3) is 11.0 Å². The Morgan fingerprint density at radius 3 is 2.28 bits per heavy atom. The van der Waals surface area contributed by atoms with Crippen LogP contribution in [0.1, 0.15) is 33.3 Å². The van der Waals surface area contributed by atoms with Crippen LogP contribution in [-0.4, -0.2) is 47.4 Å². The molecule has 2 aromatic rings. The van der Waals surface area contributed by atoms with Crippen molar-refractivity contribution in [2.45, 2.75) is 57.9 Å². The number of carbonyl (C=O) groups is 3. The van der Waals surface area contributed by atoms with Crippen LogP contribution in [0.2, 0.25) is 0 Å². The van der Waals surface area contributed by atoms with Crippen LogP contribution >= 0.6 is 11.8 Å². The molecule has 9 nitrogen and oxygen atoms in total. The van der Waals surface area contributed by atoms with E-state index in [1.807, 2.05) is 6.92 Å². The molecular formula is C22H24O9S. The minimum absolute atomic E-state index is 0.253. The monoisotopic (exact) mass is 464 g/mol. The first-order valence-corrected chi connectivity index (χ1v) is 11.1. The van der Waals surface area contributed by atoms with Crippen molar-refractivity contribution in [2.24, 2.45) is 0 Å². The second kappa shape index (κ2) is 10.1. The minimum Gasteiger partial charge on any atom is -0.476 e. The fourth-order valence-corrected chi connectivity index (χ4v) is 4.74. The highest BCUT2D eigenvalue weighted by atomic mass is 32.2. The molecule has 0 amide bonds. The molecule has 0 spiro atoms. The third-order valence-corrected chi connectivity index (χ3v) is 5.95. The molecule has 1 saturated heterocycles. The highest BCUT2D eigenvalue weighted by Gasteiger charge is 2.47. The van der Waals surface area contributed by atoms with Crippen LogP contribution in [0.3, 0.4) is 0 Å². The molecule has 0 N–H and O–H groups in total. The summed E-state index contributed by atoms with van der Waals surface area (Å²) in [6.07, 6.45) is -2.23. The molecule has 1 aliphatic heterocycles. The maximum atomic E-state index is 11.8. The number of ether oxygens (including phenoxy) is 4. The molecule has 1 fully saturated rings. The lowest BCUT2D eigenvalue weighted by atomic mass is 10.1. The molecule has 10 heteroatoms. The van der Waals surface area contributed by atoms with E-state index < -0.39 is 47.3 Å². The van der Waals surface area contributed by atoms with Crippen LogP contribution in [0.15, 0.2) is 33.5 Å². The van der Waals surface area contributed by atoms with Crippen molar-refractivity contribution in [3.8, 4) is 5.75 Å². The van der Waals surface area contributed by atoms with Gasteiger partial charge in [0.2, 0.25) is 0 Å². The maximum absolute atomic E-state index is 11.8. The van der Waals surface area contributed by atoms with E-state index in [0.717, 1.165) is 10.9 Å². The van der Waals surface area contributed by atoms with E-state index in [4.69, 9.17) is 23.4 Å². The van der Waals surface area contributed by atoms with Crippen molar-refractivity contribution >= 4 is 40.6 Å². The minimum atomic E-state index is -1.04. The molecule has 0 bridgehead atoms. The first-order chi connectivity index (χ1) is 15.2. The second-order valence-corrected chi connectivity index (χ2v) is 8.35. The van der Waals surface area contributed by atoms with E-state index in [9.17, 15) is 19.2 Å². The fraction of sp³-hybridized carbons (Fsp3) is 0.455. The van der Waals surface area contributed by atoms with Crippen molar-refractivity contribution in [1.82, 2.24) is 0 Å². The van der Waals surface area contributed by atoms with Crippen LogP contribution in [0.4, 0.5) is 0 Å². The number of thioether (sulfide) groups is 1. The number of fused-ring (bicyclic) bond motifs is 1. The summed E-state index contributed by atoms with van der Waals surface area (Å²) in [5.41, 5.74) is -0.0122. The van der Waals surface area contributed by atoms with E-state index in [1.165, 1.54) is 38.6 Å². The summed E-state index contributed by atoms with van der Waals surface area (Å²) in [6, 6.07) is 6.54. The summed E-state index contributed by atoms with van der Waals surface area (Å²) in [7, 11) is 0. The number of esters is 3. The summed E-state index contributed by atoms with van der Waals surface area (Å²) in [5.74, 6) is -1.15. The lowest BCUT2D eigenvalue weighted by Gasteiger charge is -2.39. The summed E-state index contributed by atoms with van der Waals surface area (Å²) < 4.78 is 27.4. The first-order valence-electron chi connectivity index (χ1n) is 10.0. The van der Waals surface area contributed by atoms with Gasteiger partial charge in [-0.25, -0.2) is 4.79 Å². The average molecular weight is 464 g/mol. The zero-order valence-corrected chi connectivity index (χ0v) is 18.9. The Kier molecular flexibility index (Phi) is 7.44. The van der Waals surface area contributed by atoms with Gasteiger partial charge in [-0.05, 0) is 24.1 Å².